The summed E-state index contributed by atoms with van der Waals surface area (Å²) < 4.78 is 2.48. The Hall–Kier alpha value is -1.80. The number of allylic oxidation sites excluding steroid dienone is 4. The Labute approximate surface area is 132 Å². The van der Waals surface area contributed by atoms with Crippen LogP contribution in [-0.2, 0) is 13.0 Å². The first-order valence-corrected chi connectivity index (χ1v) is 8.30. The van der Waals surface area contributed by atoms with Gasteiger partial charge >= 0.3 is 0 Å². The van der Waals surface area contributed by atoms with Crippen molar-refractivity contribution in [1.29, 1.82) is 0 Å². The van der Waals surface area contributed by atoms with Crippen LogP contribution in [0.2, 0.25) is 0 Å². The highest BCUT2D eigenvalue weighted by Gasteiger charge is 2.24. The maximum absolute atomic E-state index is 2.48. The number of para-hydroxylation sites is 1. The molecule has 0 amide bonds. The molecule has 1 aromatic carbocycles. The highest BCUT2D eigenvalue weighted by Crippen LogP contribution is 2.37. The van der Waals surface area contributed by atoms with Gasteiger partial charge in [-0.25, -0.2) is 0 Å². The monoisotopic (exact) mass is 292 g/mol. The Morgan fingerprint density at radius 2 is 1.95 bits per heavy atom. The van der Waals surface area contributed by atoms with Gasteiger partial charge in [0.25, 0.3) is 0 Å². The average Bonchev–Trinajstić information content (AvgIpc) is 2.88. The molecule has 0 saturated carbocycles. The molecule has 0 unspecified atom stereocenters. The van der Waals surface area contributed by atoms with Crippen molar-refractivity contribution in [3.05, 3.63) is 53.2 Å². The van der Waals surface area contributed by atoms with Gasteiger partial charge in [-0.05, 0) is 57.0 Å². The molecule has 0 spiro atoms. The van der Waals surface area contributed by atoms with E-state index in [2.05, 4.69) is 67.0 Å². The molecule has 0 fully saturated rings. The lowest BCUT2D eigenvalue weighted by atomic mass is 9.92. The molecule has 0 saturated heterocycles. The van der Waals surface area contributed by atoms with Crippen molar-refractivity contribution in [2.45, 2.75) is 38.8 Å². The lowest BCUT2D eigenvalue weighted by Gasteiger charge is -2.29. The van der Waals surface area contributed by atoms with Crippen LogP contribution in [0.15, 0.2) is 42.1 Å². The van der Waals surface area contributed by atoms with Gasteiger partial charge in [-0.3, -0.25) is 0 Å². The van der Waals surface area contributed by atoms with Gasteiger partial charge < -0.3 is 9.47 Å². The van der Waals surface area contributed by atoms with E-state index in [4.69, 9.17) is 0 Å². The van der Waals surface area contributed by atoms with E-state index >= 15 is 0 Å². The number of likely N-dealkylation sites (N-methyl/N-ethyl adjacent to an activating group) is 1. The van der Waals surface area contributed by atoms with Crippen LogP contribution in [0.4, 0.5) is 0 Å². The number of aromatic nitrogens is 1. The number of nitrogens with zero attached hydrogens (tertiary/aromatic N) is 2. The second-order valence-electron chi connectivity index (χ2n) is 6.91. The molecule has 1 atom stereocenters. The van der Waals surface area contributed by atoms with Crippen molar-refractivity contribution in [2.24, 2.45) is 0 Å². The van der Waals surface area contributed by atoms with Gasteiger partial charge in [0.1, 0.15) is 0 Å². The van der Waals surface area contributed by atoms with Crippen LogP contribution in [0.5, 0.6) is 0 Å². The zero-order chi connectivity index (χ0) is 15.3. The fourth-order valence-electron chi connectivity index (χ4n) is 3.97. The summed E-state index contributed by atoms with van der Waals surface area (Å²) in [5.74, 6) is 0. The van der Waals surface area contributed by atoms with Gasteiger partial charge in [0, 0.05) is 29.7 Å². The number of rotatable bonds is 2. The molecule has 1 aliphatic heterocycles. The Bertz CT molecular complexity index is 789. The maximum atomic E-state index is 2.48. The standard InChI is InChI=1S/C20H24N2/c1-14-7-4-5-9-17(14)19-13-22-12-16(21(2)3)11-15-8-6-10-18(19)20(15)22/h6-10,13,16H,4-5,11-12H2,1-3H3/t16-/m1/s1. The molecule has 2 heteroatoms. The molecule has 22 heavy (non-hydrogen) atoms. The fraction of sp³-hybridized carbons (Fsp3) is 0.400. The van der Waals surface area contributed by atoms with Gasteiger partial charge in [0.15, 0.2) is 0 Å². The van der Waals surface area contributed by atoms with Crippen LogP contribution in [0, 0.1) is 0 Å². The van der Waals surface area contributed by atoms with Crippen molar-refractivity contribution in [3.63, 3.8) is 0 Å². The minimum Gasteiger partial charge on any atom is -0.345 e. The Morgan fingerprint density at radius 1 is 1.14 bits per heavy atom. The van der Waals surface area contributed by atoms with Gasteiger partial charge in [-0.2, -0.15) is 0 Å². The molecular formula is C20H24N2. The Balaban J connectivity index is 1.89. The molecule has 2 heterocycles. The summed E-state index contributed by atoms with van der Waals surface area (Å²) in [6.45, 7) is 3.34. The molecule has 4 rings (SSSR count). The van der Waals surface area contributed by atoms with E-state index in [1.165, 1.54) is 46.0 Å². The van der Waals surface area contributed by atoms with Crippen molar-refractivity contribution < 1.29 is 0 Å². The molecule has 1 aromatic heterocycles. The minimum absolute atomic E-state index is 0.593. The van der Waals surface area contributed by atoms with Crippen LogP contribution in [0.3, 0.4) is 0 Å². The number of hydrogen-bond donors (Lipinski definition) is 0. The van der Waals surface area contributed by atoms with Crippen LogP contribution >= 0.6 is 0 Å². The fourth-order valence-corrected chi connectivity index (χ4v) is 3.97. The molecule has 114 valence electrons. The average molecular weight is 292 g/mol. The quantitative estimate of drug-likeness (QED) is 0.803. The summed E-state index contributed by atoms with van der Waals surface area (Å²) in [5, 5.41) is 1.43. The lowest BCUT2D eigenvalue weighted by Crippen LogP contribution is -2.36. The van der Waals surface area contributed by atoms with E-state index in [-0.39, 0.29) is 0 Å². The van der Waals surface area contributed by atoms with Gasteiger partial charge in [0.2, 0.25) is 0 Å². The molecule has 0 radical (unpaired) electrons. The molecular weight excluding hydrogens is 268 g/mol. The molecule has 2 aliphatic rings. The smallest absolute Gasteiger partial charge is 0.0520 e. The summed E-state index contributed by atoms with van der Waals surface area (Å²) in [6, 6.07) is 7.42. The second kappa shape index (κ2) is 5.13. The van der Waals surface area contributed by atoms with Crippen LogP contribution in [0.25, 0.3) is 16.5 Å². The topological polar surface area (TPSA) is 8.17 Å². The predicted molar refractivity (Wildman–Crippen MR) is 94.1 cm³/mol. The molecule has 2 aromatic rings. The first-order chi connectivity index (χ1) is 10.6. The molecule has 1 aliphatic carbocycles. The lowest BCUT2D eigenvalue weighted by molar-refractivity contribution is 0.258. The van der Waals surface area contributed by atoms with Crippen molar-refractivity contribution in [1.82, 2.24) is 9.47 Å². The summed E-state index contributed by atoms with van der Waals surface area (Å²) in [7, 11) is 4.38. The molecule has 2 nitrogen and oxygen atoms in total. The van der Waals surface area contributed by atoms with Gasteiger partial charge in [-0.15, -0.1) is 0 Å². The summed E-state index contributed by atoms with van der Waals surface area (Å²) >= 11 is 0. The third-order valence-corrected chi connectivity index (χ3v) is 5.26. The third kappa shape index (κ3) is 2.05. The van der Waals surface area contributed by atoms with E-state index in [9.17, 15) is 0 Å². The first kappa shape index (κ1) is 13.8. The largest absolute Gasteiger partial charge is 0.345 e. The van der Waals surface area contributed by atoms with E-state index in [0.29, 0.717) is 6.04 Å². The van der Waals surface area contributed by atoms with Crippen LogP contribution < -0.4 is 0 Å². The third-order valence-electron chi connectivity index (χ3n) is 5.26. The van der Waals surface area contributed by atoms with E-state index in [1.54, 1.807) is 0 Å². The second-order valence-corrected chi connectivity index (χ2v) is 6.91. The molecule has 0 N–H and O–H groups in total. The summed E-state index contributed by atoms with van der Waals surface area (Å²) in [5.41, 5.74) is 7.24. The highest BCUT2D eigenvalue weighted by molar-refractivity contribution is 5.98. The highest BCUT2D eigenvalue weighted by atomic mass is 15.1. The van der Waals surface area contributed by atoms with E-state index in [0.717, 1.165) is 13.0 Å². The van der Waals surface area contributed by atoms with Gasteiger partial charge in [-0.1, -0.05) is 30.4 Å². The number of hydrogen-bond acceptors (Lipinski definition) is 1. The summed E-state index contributed by atoms with van der Waals surface area (Å²) in [6.07, 6.45) is 10.7. The van der Waals surface area contributed by atoms with Gasteiger partial charge in [0.05, 0.1) is 5.52 Å². The molecule has 0 bridgehead atoms. The maximum Gasteiger partial charge on any atom is 0.0520 e. The zero-order valence-corrected chi connectivity index (χ0v) is 13.8. The predicted octanol–water partition coefficient (Wildman–Crippen LogP) is 4.25. The normalized spacial score (nSPS) is 21.2. The van der Waals surface area contributed by atoms with Crippen LogP contribution in [-0.4, -0.2) is 29.6 Å². The Morgan fingerprint density at radius 3 is 2.73 bits per heavy atom. The van der Waals surface area contributed by atoms with Crippen LogP contribution in [0.1, 0.15) is 30.9 Å². The van der Waals surface area contributed by atoms with E-state index in [1.807, 2.05) is 0 Å². The number of benzene rings is 1. The Kier molecular flexibility index (Phi) is 3.23. The first-order valence-electron chi connectivity index (χ1n) is 8.30. The minimum atomic E-state index is 0.593. The summed E-state index contributed by atoms with van der Waals surface area (Å²) in [4.78, 5) is 2.35. The van der Waals surface area contributed by atoms with E-state index < -0.39 is 0 Å². The SMILES string of the molecule is CC1=CCCC=C1c1cn2c3c(cccc13)C[C@@H](N(C)C)C2. The van der Waals surface area contributed by atoms with Crippen molar-refractivity contribution in [2.75, 3.05) is 14.1 Å². The zero-order valence-electron chi connectivity index (χ0n) is 13.8. The van der Waals surface area contributed by atoms with Crippen molar-refractivity contribution in [3.8, 4) is 0 Å². The van der Waals surface area contributed by atoms with Crippen molar-refractivity contribution >= 4 is 16.5 Å².